The SMILES string of the molecule is CC(C)=CCN1C[C@H](NC(=O)CCc2cccs2)C[C@H]1C(=O)NC(C)C. The number of carbonyl (C=O) groups is 2. The van der Waals surface area contributed by atoms with Crippen LogP contribution < -0.4 is 10.6 Å². The highest BCUT2D eigenvalue weighted by molar-refractivity contribution is 7.09. The van der Waals surface area contributed by atoms with Crippen molar-refractivity contribution in [2.24, 2.45) is 0 Å². The Kier molecular flexibility index (Phi) is 7.85. The maximum atomic E-state index is 12.5. The Morgan fingerprint density at radius 2 is 2.15 bits per heavy atom. The third-order valence-electron chi connectivity index (χ3n) is 4.41. The molecule has 2 rings (SSSR count). The first-order chi connectivity index (χ1) is 12.3. The Labute approximate surface area is 160 Å². The fourth-order valence-corrected chi connectivity index (χ4v) is 3.86. The van der Waals surface area contributed by atoms with Gasteiger partial charge in [-0.2, -0.15) is 0 Å². The molecule has 1 aromatic rings. The van der Waals surface area contributed by atoms with E-state index in [0.29, 0.717) is 19.4 Å². The molecule has 0 aliphatic carbocycles. The molecule has 2 N–H and O–H groups in total. The van der Waals surface area contributed by atoms with Crippen molar-refractivity contribution in [3.63, 3.8) is 0 Å². The standard InChI is InChI=1S/C20H31N3O2S/c1-14(2)9-10-23-13-16(12-18(23)20(25)21-15(3)4)22-19(24)8-7-17-6-5-11-26-17/h5-6,9,11,15-16,18H,7-8,10,12-13H2,1-4H3,(H,21,25)(H,22,24)/t16-,18+/m1/s1. The highest BCUT2D eigenvalue weighted by atomic mass is 32.1. The van der Waals surface area contributed by atoms with Crippen LogP contribution in [0.1, 0.15) is 45.4 Å². The number of nitrogens with one attached hydrogen (secondary N) is 2. The van der Waals surface area contributed by atoms with Crippen LogP contribution in [0.2, 0.25) is 0 Å². The van der Waals surface area contributed by atoms with Crippen molar-refractivity contribution in [3.8, 4) is 0 Å². The molecule has 1 aromatic heterocycles. The quantitative estimate of drug-likeness (QED) is 0.685. The van der Waals surface area contributed by atoms with Crippen LogP contribution in [0.4, 0.5) is 0 Å². The topological polar surface area (TPSA) is 61.4 Å². The van der Waals surface area contributed by atoms with E-state index in [1.165, 1.54) is 10.5 Å². The van der Waals surface area contributed by atoms with Gasteiger partial charge < -0.3 is 10.6 Å². The lowest BCUT2D eigenvalue weighted by Crippen LogP contribution is -2.45. The molecular weight excluding hydrogens is 346 g/mol. The number of likely N-dealkylation sites (tertiary alicyclic amines) is 1. The number of allylic oxidation sites excluding steroid dienone is 1. The minimum Gasteiger partial charge on any atom is -0.353 e. The zero-order chi connectivity index (χ0) is 19.1. The van der Waals surface area contributed by atoms with Gasteiger partial charge in [-0.15, -0.1) is 11.3 Å². The number of amides is 2. The summed E-state index contributed by atoms with van der Waals surface area (Å²) < 4.78 is 0. The van der Waals surface area contributed by atoms with Gasteiger partial charge in [0.15, 0.2) is 0 Å². The highest BCUT2D eigenvalue weighted by Crippen LogP contribution is 2.19. The largest absolute Gasteiger partial charge is 0.353 e. The average Bonchev–Trinajstić information content (AvgIpc) is 3.19. The third-order valence-corrected chi connectivity index (χ3v) is 5.35. The molecule has 1 saturated heterocycles. The van der Waals surface area contributed by atoms with Crippen LogP contribution in [0.15, 0.2) is 29.2 Å². The summed E-state index contributed by atoms with van der Waals surface area (Å²) in [7, 11) is 0. The molecule has 1 aliphatic heterocycles. The average molecular weight is 378 g/mol. The zero-order valence-electron chi connectivity index (χ0n) is 16.2. The molecule has 2 atom stereocenters. The Morgan fingerprint density at radius 3 is 2.77 bits per heavy atom. The van der Waals surface area contributed by atoms with Crippen molar-refractivity contribution >= 4 is 23.2 Å². The minimum absolute atomic E-state index is 0.0271. The van der Waals surface area contributed by atoms with Crippen molar-refractivity contribution in [1.29, 1.82) is 0 Å². The number of hydrogen-bond donors (Lipinski definition) is 2. The first-order valence-electron chi connectivity index (χ1n) is 9.34. The van der Waals surface area contributed by atoms with Crippen LogP contribution in [-0.4, -0.2) is 47.9 Å². The molecule has 1 aliphatic rings. The van der Waals surface area contributed by atoms with Crippen molar-refractivity contribution in [2.45, 2.75) is 65.1 Å². The summed E-state index contributed by atoms with van der Waals surface area (Å²) >= 11 is 1.68. The van der Waals surface area contributed by atoms with Gasteiger partial charge in [0, 0.05) is 36.5 Å². The van der Waals surface area contributed by atoms with Crippen LogP contribution in [0.5, 0.6) is 0 Å². The molecule has 5 nitrogen and oxygen atoms in total. The van der Waals surface area contributed by atoms with Crippen LogP contribution in [0.25, 0.3) is 0 Å². The van der Waals surface area contributed by atoms with Gasteiger partial charge in [-0.1, -0.05) is 17.7 Å². The molecular formula is C20H31N3O2S. The first kappa shape index (κ1) is 20.6. The summed E-state index contributed by atoms with van der Waals surface area (Å²) in [6, 6.07) is 4.02. The molecule has 0 bridgehead atoms. The Morgan fingerprint density at radius 1 is 1.38 bits per heavy atom. The van der Waals surface area contributed by atoms with Crippen LogP contribution in [0.3, 0.4) is 0 Å². The fraction of sp³-hybridized carbons (Fsp3) is 0.600. The molecule has 0 radical (unpaired) electrons. The summed E-state index contributed by atoms with van der Waals surface area (Å²) in [6.45, 7) is 9.51. The first-order valence-corrected chi connectivity index (χ1v) is 10.2. The molecule has 26 heavy (non-hydrogen) atoms. The van der Waals surface area contributed by atoms with Gasteiger partial charge in [-0.05, 0) is 52.0 Å². The van der Waals surface area contributed by atoms with Crippen LogP contribution in [-0.2, 0) is 16.0 Å². The molecule has 144 valence electrons. The zero-order valence-corrected chi connectivity index (χ0v) is 17.1. The normalized spacial score (nSPS) is 20.2. The minimum atomic E-state index is -0.185. The van der Waals surface area contributed by atoms with E-state index in [4.69, 9.17) is 0 Å². The predicted molar refractivity (Wildman–Crippen MR) is 107 cm³/mol. The van der Waals surface area contributed by atoms with E-state index in [1.54, 1.807) is 11.3 Å². The number of aryl methyl sites for hydroxylation is 1. The molecule has 0 unspecified atom stereocenters. The molecule has 1 fully saturated rings. The van der Waals surface area contributed by atoms with E-state index in [1.807, 2.05) is 25.3 Å². The monoisotopic (exact) mass is 377 g/mol. The smallest absolute Gasteiger partial charge is 0.237 e. The summed E-state index contributed by atoms with van der Waals surface area (Å²) in [6.07, 6.45) is 4.07. The van der Waals surface area contributed by atoms with Crippen molar-refractivity contribution in [1.82, 2.24) is 15.5 Å². The van der Waals surface area contributed by atoms with E-state index in [2.05, 4.69) is 41.5 Å². The van der Waals surface area contributed by atoms with E-state index in [9.17, 15) is 9.59 Å². The van der Waals surface area contributed by atoms with Gasteiger partial charge in [-0.3, -0.25) is 14.5 Å². The molecule has 6 heteroatoms. The van der Waals surface area contributed by atoms with Gasteiger partial charge in [-0.25, -0.2) is 0 Å². The second-order valence-corrected chi connectivity index (χ2v) is 8.53. The van der Waals surface area contributed by atoms with Gasteiger partial charge in [0.25, 0.3) is 0 Å². The van der Waals surface area contributed by atoms with Gasteiger partial charge >= 0.3 is 0 Å². The molecule has 0 saturated carbocycles. The number of hydrogen-bond acceptors (Lipinski definition) is 4. The Balaban J connectivity index is 1.91. The maximum absolute atomic E-state index is 12.5. The second kappa shape index (κ2) is 9.88. The molecule has 2 heterocycles. The Bertz CT molecular complexity index is 621. The third kappa shape index (κ3) is 6.57. The van der Waals surface area contributed by atoms with Crippen LogP contribution in [0, 0.1) is 0 Å². The maximum Gasteiger partial charge on any atom is 0.237 e. The van der Waals surface area contributed by atoms with E-state index in [-0.39, 0.29) is 29.9 Å². The molecule has 2 amide bonds. The summed E-state index contributed by atoms with van der Waals surface area (Å²) in [4.78, 5) is 28.2. The molecule has 0 aromatic carbocycles. The molecule has 0 spiro atoms. The van der Waals surface area contributed by atoms with E-state index in [0.717, 1.165) is 13.0 Å². The Hall–Kier alpha value is -1.66. The number of nitrogens with zero attached hydrogens (tertiary/aromatic N) is 1. The highest BCUT2D eigenvalue weighted by Gasteiger charge is 2.36. The van der Waals surface area contributed by atoms with Crippen molar-refractivity contribution < 1.29 is 9.59 Å². The second-order valence-electron chi connectivity index (χ2n) is 7.49. The lowest BCUT2D eigenvalue weighted by Gasteiger charge is -2.23. The van der Waals surface area contributed by atoms with E-state index >= 15 is 0 Å². The van der Waals surface area contributed by atoms with Gasteiger partial charge in [0.05, 0.1) is 6.04 Å². The lowest BCUT2D eigenvalue weighted by atomic mass is 10.1. The summed E-state index contributed by atoms with van der Waals surface area (Å²) in [5.74, 6) is 0.118. The number of rotatable bonds is 8. The number of thiophene rings is 1. The van der Waals surface area contributed by atoms with Crippen LogP contribution >= 0.6 is 11.3 Å². The predicted octanol–water partition coefficient (Wildman–Crippen LogP) is 2.73. The van der Waals surface area contributed by atoms with Gasteiger partial charge in [0.1, 0.15) is 0 Å². The summed E-state index contributed by atoms with van der Waals surface area (Å²) in [5.41, 5.74) is 1.23. The number of carbonyl (C=O) groups excluding carboxylic acids is 2. The summed E-state index contributed by atoms with van der Waals surface area (Å²) in [5, 5.41) is 8.16. The van der Waals surface area contributed by atoms with Crippen molar-refractivity contribution in [2.75, 3.05) is 13.1 Å². The lowest BCUT2D eigenvalue weighted by molar-refractivity contribution is -0.126. The van der Waals surface area contributed by atoms with Gasteiger partial charge in [0.2, 0.25) is 11.8 Å². The van der Waals surface area contributed by atoms with E-state index < -0.39 is 0 Å². The van der Waals surface area contributed by atoms with Crippen molar-refractivity contribution in [3.05, 3.63) is 34.0 Å². The fourth-order valence-electron chi connectivity index (χ4n) is 3.15.